The lowest BCUT2D eigenvalue weighted by Gasteiger charge is -2.12. The molecule has 9 nitrogen and oxygen atoms in total. The molecule has 0 aliphatic carbocycles. The van der Waals surface area contributed by atoms with Gasteiger partial charge in [0.15, 0.2) is 0 Å². The Morgan fingerprint density at radius 3 is 2.62 bits per heavy atom. The number of nitrogens with zero attached hydrogens (tertiary/aromatic N) is 6. The minimum Gasteiger partial charge on any atom is -0.493 e. The Bertz CT molecular complexity index is 915. The predicted molar refractivity (Wildman–Crippen MR) is 115 cm³/mol. The van der Waals surface area contributed by atoms with E-state index >= 15 is 0 Å². The van der Waals surface area contributed by atoms with Crippen molar-refractivity contribution in [3.8, 4) is 11.7 Å². The van der Waals surface area contributed by atoms with Crippen LogP contribution in [-0.2, 0) is 0 Å². The maximum atomic E-state index is 5.74. The molecule has 0 saturated carbocycles. The zero-order valence-electron chi connectivity index (χ0n) is 17.1. The molecule has 0 saturated heterocycles. The molecule has 3 rings (SSSR count). The van der Waals surface area contributed by atoms with Gasteiger partial charge in [0.2, 0.25) is 17.1 Å². The lowest BCUT2D eigenvalue weighted by atomic mass is 10.2. The van der Waals surface area contributed by atoms with Crippen molar-refractivity contribution >= 4 is 23.7 Å². The van der Waals surface area contributed by atoms with Crippen molar-refractivity contribution in [2.24, 2.45) is 0 Å². The maximum absolute atomic E-state index is 5.74. The Balaban J connectivity index is 1.60. The minimum atomic E-state index is 0.255. The predicted octanol–water partition coefficient (Wildman–Crippen LogP) is 3.18. The van der Waals surface area contributed by atoms with Gasteiger partial charge in [0.1, 0.15) is 12.1 Å². The SMILES string of the molecule is CC[C@H](C)Nc1nc(NC)nc(-n2cnc(SCCOc3ccc(C)cc3)n2)n1. The molecule has 0 bridgehead atoms. The first kappa shape index (κ1) is 20.8. The van der Waals surface area contributed by atoms with Crippen LogP contribution in [0.15, 0.2) is 35.7 Å². The van der Waals surface area contributed by atoms with Crippen LogP contribution >= 0.6 is 11.8 Å². The summed E-state index contributed by atoms with van der Waals surface area (Å²) in [6, 6.07) is 8.26. The van der Waals surface area contributed by atoms with Gasteiger partial charge in [-0.1, -0.05) is 36.4 Å². The van der Waals surface area contributed by atoms with E-state index in [0.29, 0.717) is 29.6 Å². The molecular formula is C19H26N8OS. The van der Waals surface area contributed by atoms with Gasteiger partial charge in [-0.2, -0.15) is 19.6 Å². The lowest BCUT2D eigenvalue weighted by Crippen LogP contribution is -2.18. The third kappa shape index (κ3) is 6.05. The molecule has 0 aliphatic heterocycles. The standard InChI is InChI=1S/C19H26N8OS/c1-5-14(3)22-17-23-16(20-4)24-18(25-17)27-12-21-19(26-27)29-11-10-28-15-8-6-13(2)7-9-15/h6-9,12,14H,5,10-11H2,1-4H3,(H2,20,22,23,24,25)/t14-/m0/s1. The van der Waals surface area contributed by atoms with Gasteiger partial charge in [0.25, 0.3) is 5.95 Å². The number of anilines is 2. The molecule has 2 N–H and O–H groups in total. The fraction of sp³-hybridized carbons (Fsp3) is 0.421. The third-order valence-corrected chi connectivity index (χ3v) is 4.93. The second-order valence-electron chi connectivity index (χ2n) is 6.47. The summed E-state index contributed by atoms with van der Waals surface area (Å²) in [7, 11) is 1.77. The molecule has 29 heavy (non-hydrogen) atoms. The average molecular weight is 415 g/mol. The molecule has 0 amide bonds. The number of benzene rings is 1. The number of rotatable bonds is 10. The summed E-state index contributed by atoms with van der Waals surface area (Å²) in [5, 5.41) is 11.3. The largest absolute Gasteiger partial charge is 0.493 e. The average Bonchev–Trinajstić information content (AvgIpc) is 3.21. The van der Waals surface area contributed by atoms with E-state index in [1.807, 2.05) is 24.3 Å². The second kappa shape index (κ2) is 10.1. The van der Waals surface area contributed by atoms with Crippen LogP contribution in [0, 0.1) is 6.92 Å². The number of thioether (sulfide) groups is 1. The van der Waals surface area contributed by atoms with Gasteiger partial charge in [-0.05, 0) is 32.4 Å². The van der Waals surface area contributed by atoms with E-state index in [2.05, 4.69) is 56.4 Å². The Hall–Kier alpha value is -2.88. The van der Waals surface area contributed by atoms with Gasteiger partial charge >= 0.3 is 0 Å². The highest BCUT2D eigenvalue weighted by Crippen LogP contribution is 2.16. The van der Waals surface area contributed by atoms with Crippen LogP contribution in [-0.4, -0.2) is 55.2 Å². The highest BCUT2D eigenvalue weighted by molar-refractivity contribution is 7.99. The summed E-state index contributed by atoms with van der Waals surface area (Å²) < 4.78 is 7.28. The highest BCUT2D eigenvalue weighted by atomic mass is 32.2. The fourth-order valence-corrected chi connectivity index (χ4v) is 2.92. The number of aromatic nitrogens is 6. The summed E-state index contributed by atoms with van der Waals surface area (Å²) in [6.45, 7) is 6.80. The number of aryl methyl sites for hydroxylation is 1. The van der Waals surface area contributed by atoms with E-state index < -0.39 is 0 Å². The van der Waals surface area contributed by atoms with Crippen LogP contribution in [0.5, 0.6) is 5.75 Å². The van der Waals surface area contributed by atoms with Crippen molar-refractivity contribution in [3.63, 3.8) is 0 Å². The smallest absolute Gasteiger partial charge is 0.258 e. The Kier molecular flexibility index (Phi) is 7.23. The van der Waals surface area contributed by atoms with Crippen LogP contribution in [0.2, 0.25) is 0 Å². The van der Waals surface area contributed by atoms with Crippen molar-refractivity contribution in [3.05, 3.63) is 36.2 Å². The second-order valence-corrected chi connectivity index (χ2v) is 7.53. The van der Waals surface area contributed by atoms with E-state index in [-0.39, 0.29) is 6.04 Å². The Morgan fingerprint density at radius 1 is 1.14 bits per heavy atom. The molecule has 0 spiro atoms. The number of hydrogen-bond acceptors (Lipinski definition) is 9. The minimum absolute atomic E-state index is 0.255. The zero-order valence-corrected chi connectivity index (χ0v) is 17.9. The van der Waals surface area contributed by atoms with Crippen molar-refractivity contribution in [1.29, 1.82) is 0 Å². The molecule has 154 valence electrons. The van der Waals surface area contributed by atoms with Gasteiger partial charge in [0, 0.05) is 18.8 Å². The van der Waals surface area contributed by atoms with Crippen LogP contribution in [0.3, 0.4) is 0 Å². The molecule has 1 aromatic carbocycles. The summed E-state index contributed by atoms with van der Waals surface area (Å²) in [6.07, 6.45) is 2.57. The molecule has 2 aromatic heterocycles. The lowest BCUT2D eigenvalue weighted by molar-refractivity contribution is 0.344. The van der Waals surface area contributed by atoms with Crippen molar-refractivity contribution < 1.29 is 4.74 Å². The van der Waals surface area contributed by atoms with Crippen molar-refractivity contribution in [2.75, 3.05) is 30.0 Å². The fourth-order valence-electron chi connectivity index (χ4n) is 2.30. The number of nitrogens with one attached hydrogen (secondary N) is 2. The van der Waals surface area contributed by atoms with E-state index in [1.54, 1.807) is 18.1 Å². The molecular weight excluding hydrogens is 388 g/mol. The van der Waals surface area contributed by atoms with E-state index in [9.17, 15) is 0 Å². The third-order valence-electron chi connectivity index (χ3n) is 4.12. The molecule has 3 aromatic rings. The van der Waals surface area contributed by atoms with Gasteiger partial charge in [0.05, 0.1) is 6.61 Å². The van der Waals surface area contributed by atoms with E-state index in [0.717, 1.165) is 17.9 Å². The summed E-state index contributed by atoms with van der Waals surface area (Å²) in [4.78, 5) is 17.5. The first-order chi connectivity index (χ1) is 14.1. The van der Waals surface area contributed by atoms with Gasteiger partial charge in [-0.15, -0.1) is 5.10 Å². The van der Waals surface area contributed by atoms with Crippen molar-refractivity contribution in [2.45, 2.75) is 38.4 Å². The molecule has 0 fully saturated rings. The van der Waals surface area contributed by atoms with Crippen LogP contribution in [0.4, 0.5) is 11.9 Å². The first-order valence-corrected chi connectivity index (χ1v) is 10.5. The van der Waals surface area contributed by atoms with Crippen LogP contribution in [0.25, 0.3) is 5.95 Å². The molecule has 1 atom stereocenters. The molecule has 0 aliphatic rings. The van der Waals surface area contributed by atoms with Gasteiger partial charge < -0.3 is 15.4 Å². The summed E-state index contributed by atoms with van der Waals surface area (Å²) >= 11 is 1.52. The zero-order chi connectivity index (χ0) is 20.6. The molecule has 10 heteroatoms. The van der Waals surface area contributed by atoms with Gasteiger partial charge in [-0.3, -0.25) is 0 Å². The summed E-state index contributed by atoms with van der Waals surface area (Å²) in [5.74, 6) is 2.98. The summed E-state index contributed by atoms with van der Waals surface area (Å²) in [5.41, 5.74) is 1.21. The first-order valence-electron chi connectivity index (χ1n) is 9.52. The highest BCUT2D eigenvalue weighted by Gasteiger charge is 2.11. The van der Waals surface area contributed by atoms with Crippen molar-refractivity contribution in [1.82, 2.24) is 29.7 Å². The van der Waals surface area contributed by atoms with Crippen LogP contribution < -0.4 is 15.4 Å². The maximum Gasteiger partial charge on any atom is 0.258 e. The number of hydrogen-bond donors (Lipinski definition) is 2. The van der Waals surface area contributed by atoms with Gasteiger partial charge in [-0.25, -0.2) is 4.98 Å². The van der Waals surface area contributed by atoms with Crippen LogP contribution in [0.1, 0.15) is 25.8 Å². The normalized spacial score (nSPS) is 11.9. The van der Waals surface area contributed by atoms with E-state index in [1.165, 1.54) is 17.3 Å². The Labute approximate surface area is 174 Å². The Morgan fingerprint density at radius 2 is 1.90 bits per heavy atom. The van der Waals surface area contributed by atoms with E-state index in [4.69, 9.17) is 4.74 Å². The molecule has 0 unspecified atom stereocenters. The number of ether oxygens (including phenoxy) is 1. The quantitative estimate of drug-likeness (QED) is 0.382. The monoisotopic (exact) mass is 414 g/mol. The molecule has 2 heterocycles. The topological polar surface area (TPSA) is 103 Å². The molecule has 0 radical (unpaired) electrons.